The molecule has 1 atom stereocenters. The number of halogens is 2. The van der Waals surface area contributed by atoms with Gasteiger partial charge in [-0.05, 0) is 43.3 Å². The summed E-state index contributed by atoms with van der Waals surface area (Å²) in [6, 6.07) is 10.0. The number of hydrogen-bond acceptors (Lipinski definition) is 3. The van der Waals surface area contributed by atoms with Gasteiger partial charge >= 0.3 is 0 Å². The Morgan fingerprint density at radius 1 is 1.35 bits per heavy atom. The Morgan fingerprint density at radius 3 is 2.80 bits per heavy atom. The molecule has 0 saturated carbocycles. The fraction of sp³-hybridized carbons (Fsp3) is 0.333. The van der Waals surface area contributed by atoms with Crippen LogP contribution in [0, 0.1) is 5.82 Å². The highest BCUT2D eigenvalue weighted by Gasteiger charge is 2.10. The molecular formula is C15H17ClFNOS. The van der Waals surface area contributed by atoms with Gasteiger partial charge in [0.25, 0.3) is 0 Å². The van der Waals surface area contributed by atoms with Gasteiger partial charge in [-0.1, -0.05) is 23.7 Å². The third kappa shape index (κ3) is 4.56. The lowest BCUT2D eigenvalue weighted by molar-refractivity contribution is 0.147. The van der Waals surface area contributed by atoms with Gasteiger partial charge in [0.1, 0.15) is 5.82 Å². The molecule has 2 rings (SSSR count). The van der Waals surface area contributed by atoms with E-state index in [-0.39, 0.29) is 5.82 Å². The SMILES string of the molecule is CN(CCC(O)c1cccc(F)c1)Cc1ccc(Cl)s1. The number of benzene rings is 1. The number of nitrogens with zero attached hydrogens (tertiary/aromatic N) is 1. The van der Waals surface area contributed by atoms with Crippen molar-refractivity contribution in [1.29, 1.82) is 0 Å². The third-order valence-electron chi connectivity index (χ3n) is 3.07. The van der Waals surface area contributed by atoms with Crippen LogP contribution in [-0.2, 0) is 6.54 Å². The maximum absolute atomic E-state index is 13.1. The molecule has 5 heteroatoms. The maximum atomic E-state index is 13.1. The predicted octanol–water partition coefficient (Wildman–Crippen LogP) is 4.10. The lowest BCUT2D eigenvalue weighted by Crippen LogP contribution is -2.20. The molecule has 0 saturated heterocycles. The van der Waals surface area contributed by atoms with Crippen molar-refractivity contribution in [3.63, 3.8) is 0 Å². The summed E-state index contributed by atoms with van der Waals surface area (Å²) in [7, 11) is 1.99. The van der Waals surface area contributed by atoms with E-state index >= 15 is 0 Å². The smallest absolute Gasteiger partial charge is 0.123 e. The van der Waals surface area contributed by atoms with Crippen LogP contribution in [-0.4, -0.2) is 23.6 Å². The van der Waals surface area contributed by atoms with E-state index in [0.717, 1.165) is 17.4 Å². The zero-order valence-electron chi connectivity index (χ0n) is 11.2. The highest BCUT2D eigenvalue weighted by atomic mass is 35.5. The summed E-state index contributed by atoms with van der Waals surface area (Å²) in [6.45, 7) is 1.53. The Bertz CT molecular complexity index is 560. The van der Waals surface area contributed by atoms with Gasteiger partial charge in [0.15, 0.2) is 0 Å². The highest BCUT2D eigenvalue weighted by molar-refractivity contribution is 7.16. The fourth-order valence-corrected chi connectivity index (χ4v) is 3.17. The second-order valence-electron chi connectivity index (χ2n) is 4.80. The summed E-state index contributed by atoms with van der Waals surface area (Å²) >= 11 is 7.45. The third-order valence-corrected chi connectivity index (χ3v) is 4.29. The van der Waals surface area contributed by atoms with Gasteiger partial charge in [0.2, 0.25) is 0 Å². The molecule has 1 N–H and O–H groups in total. The second-order valence-corrected chi connectivity index (χ2v) is 6.60. The van der Waals surface area contributed by atoms with E-state index in [0.29, 0.717) is 12.0 Å². The molecule has 2 aromatic rings. The van der Waals surface area contributed by atoms with Crippen molar-refractivity contribution in [2.24, 2.45) is 0 Å². The quantitative estimate of drug-likeness (QED) is 0.868. The molecular weight excluding hydrogens is 297 g/mol. The first-order valence-corrected chi connectivity index (χ1v) is 7.60. The summed E-state index contributed by atoms with van der Waals surface area (Å²) < 4.78 is 13.9. The van der Waals surface area contributed by atoms with E-state index in [1.165, 1.54) is 17.0 Å². The van der Waals surface area contributed by atoms with E-state index in [2.05, 4.69) is 4.90 Å². The van der Waals surface area contributed by atoms with E-state index in [1.807, 2.05) is 19.2 Å². The molecule has 108 valence electrons. The Morgan fingerprint density at radius 2 is 2.15 bits per heavy atom. The standard InChI is InChI=1S/C15H17ClFNOS/c1-18(10-13-5-6-15(16)20-13)8-7-14(19)11-3-2-4-12(17)9-11/h2-6,9,14,19H,7-8,10H2,1H3. The van der Waals surface area contributed by atoms with Crippen LogP contribution in [0.3, 0.4) is 0 Å². The molecule has 0 fully saturated rings. The van der Waals surface area contributed by atoms with E-state index in [4.69, 9.17) is 11.6 Å². The minimum Gasteiger partial charge on any atom is -0.388 e. The van der Waals surface area contributed by atoms with Crippen molar-refractivity contribution in [3.8, 4) is 0 Å². The van der Waals surface area contributed by atoms with E-state index in [9.17, 15) is 9.50 Å². The van der Waals surface area contributed by atoms with Crippen LogP contribution in [0.4, 0.5) is 4.39 Å². The summed E-state index contributed by atoms with van der Waals surface area (Å²) in [6.07, 6.45) is -0.0703. The Hall–Kier alpha value is -0.940. The molecule has 0 aliphatic carbocycles. The van der Waals surface area contributed by atoms with Crippen LogP contribution in [0.2, 0.25) is 4.34 Å². The molecule has 20 heavy (non-hydrogen) atoms. The zero-order chi connectivity index (χ0) is 14.5. The van der Waals surface area contributed by atoms with Crippen LogP contribution in [0.5, 0.6) is 0 Å². The largest absolute Gasteiger partial charge is 0.388 e. The van der Waals surface area contributed by atoms with Crippen molar-refractivity contribution in [2.75, 3.05) is 13.6 Å². The number of aliphatic hydroxyl groups excluding tert-OH is 1. The van der Waals surface area contributed by atoms with Gasteiger partial charge in [-0.3, -0.25) is 0 Å². The molecule has 0 aliphatic rings. The van der Waals surface area contributed by atoms with Crippen LogP contribution < -0.4 is 0 Å². The summed E-state index contributed by atoms with van der Waals surface area (Å²) in [5.41, 5.74) is 0.623. The monoisotopic (exact) mass is 313 g/mol. The summed E-state index contributed by atoms with van der Waals surface area (Å²) in [5.74, 6) is -0.317. The van der Waals surface area contributed by atoms with Gasteiger partial charge in [0.05, 0.1) is 10.4 Å². The molecule has 1 heterocycles. The minimum atomic E-state index is -0.639. The zero-order valence-corrected chi connectivity index (χ0v) is 12.8. The van der Waals surface area contributed by atoms with Gasteiger partial charge in [-0.2, -0.15) is 0 Å². The van der Waals surface area contributed by atoms with E-state index in [1.54, 1.807) is 23.5 Å². The van der Waals surface area contributed by atoms with Gasteiger partial charge in [-0.15, -0.1) is 11.3 Å². The predicted molar refractivity (Wildman–Crippen MR) is 81.6 cm³/mol. The Kier molecular flexibility index (Phi) is 5.54. The molecule has 0 amide bonds. The van der Waals surface area contributed by atoms with Crippen molar-refractivity contribution in [2.45, 2.75) is 19.1 Å². The molecule has 2 nitrogen and oxygen atoms in total. The topological polar surface area (TPSA) is 23.5 Å². The lowest BCUT2D eigenvalue weighted by atomic mass is 10.1. The Labute approximate surface area is 127 Å². The summed E-state index contributed by atoms with van der Waals surface area (Å²) in [5, 5.41) is 10.1. The van der Waals surface area contributed by atoms with Gasteiger partial charge < -0.3 is 10.0 Å². The van der Waals surface area contributed by atoms with Gasteiger partial charge in [0, 0.05) is 18.0 Å². The molecule has 1 aromatic carbocycles. The Balaban J connectivity index is 1.82. The van der Waals surface area contributed by atoms with Crippen LogP contribution in [0.25, 0.3) is 0 Å². The van der Waals surface area contributed by atoms with Crippen LogP contribution >= 0.6 is 22.9 Å². The molecule has 1 aromatic heterocycles. The average Bonchev–Trinajstić information content (AvgIpc) is 2.81. The molecule has 0 bridgehead atoms. The maximum Gasteiger partial charge on any atom is 0.123 e. The number of hydrogen-bond donors (Lipinski definition) is 1. The highest BCUT2D eigenvalue weighted by Crippen LogP contribution is 2.23. The van der Waals surface area contributed by atoms with Gasteiger partial charge in [-0.25, -0.2) is 4.39 Å². The molecule has 0 aliphatic heterocycles. The second kappa shape index (κ2) is 7.18. The number of aliphatic hydroxyl groups is 1. The van der Waals surface area contributed by atoms with Crippen molar-refractivity contribution in [3.05, 3.63) is 57.0 Å². The minimum absolute atomic E-state index is 0.317. The first kappa shape index (κ1) is 15.4. The van der Waals surface area contributed by atoms with E-state index < -0.39 is 6.10 Å². The summed E-state index contributed by atoms with van der Waals surface area (Å²) in [4.78, 5) is 3.31. The number of rotatable bonds is 6. The number of thiophene rings is 1. The van der Waals surface area contributed by atoms with Crippen molar-refractivity contribution >= 4 is 22.9 Å². The first-order valence-electron chi connectivity index (χ1n) is 6.41. The first-order chi connectivity index (χ1) is 9.54. The van der Waals surface area contributed by atoms with Crippen LogP contribution in [0.1, 0.15) is 23.0 Å². The van der Waals surface area contributed by atoms with Crippen molar-refractivity contribution in [1.82, 2.24) is 4.90 Å². The molecule has 0 radical (unpaired) electrons. The van der Waals surface area contributed by atoms with Crippen molar-refractivity contribution < 1.29 is 9.50 Å². The van der Waals surface area contributed by atoms with Crippen LogP contribution in [0.15, 0.2) is 36.4 Å². The fourth-order valence-electron chi connectivity index (χ4n) is 2.01. The normalized spacial score (nSPS) is 12.8. The molecule has 0 spiro atoms. The average molecular weight is 314 g/mol. The molecule has 1 unspecified atom stereocenters. The lowest BCUT2D eigenvalue weighted by Gasteiger charge is -2.18.